The quantitative estimate of drug-likeness (QED) is 0.0494. The maximum absolute atomic E-state index is 14.2. The van der Waals surface area contributed by atoms with Crippen molar-refractivity contribution < 1.29 is 61.2 Å². The predicted octanol–water partition coefficient (Wildman–Crippen LogP) is 5.38. The Labute approximate surface area is 437 Å². The highest BCUT2D eigenvalue weighted by atomic mass is 32.2. The van der Waals surface area contributed by atoms with E-state index in [-0.39, 0.29) is 95.0 Å². The number of nitrogens with one attached hydrogen (secondary N) is 4. The molecule has 1 aliphatic rings. The second kappa shape index (κ2) is 26.2. The molecule has 23 heteroatoms. The molecule has 0 spiro atoms. The van der Waals surface area contributed by atoms with Crippen molar-refractivity contribution in [2.75, 3.05) is 78.4 Å². The molecule has 5 N–H and O–H groups in total. The van der Waals surface area contributed by atoms with Crippen LogP contribution in [0, 0.1) is 11.3 Å². The molecule has 74 heavy (non-hydrogen) atoms. The molecule has 21 nitrogen and oxygen atoms in total. The smallest absolute Gasteiger partial charge is 0.407 e. The molecule has 0 unspecified atom stereocenters. The summed E-state index contributed by atoms with van der Waals surface area (Å²) in [5.74, 6) is -1.76. The number of carbonyl (C=O) groups excluding carboxylic acids is 4. The van der Waals surface area contributed by atoms with Crippen LogP contribution in [0.4, 0.5) is 16.2 Å². The molecular formula is C51H74N8O13S2. The molecule has 0 radical (unpaired) electrons. The van der Waals surface area contributed by atoms with Crippen LogP contribution in [0.3, 0.4) is 0 Å². The number of hydrogen-bond donors (Lipinski definition) is 5. The number of carbonyl (C=O) groups is 5. The standard InChI is InChI=1S/C51H74N8O13S2/c1-31(2)32(3)54-47(62)40-25-35(28-59(40)48(63)45(50(5,6)7)57-46(61)33(4)58(11)49(64)65)56-44(60)29-71-21-20-69-17-16-68-18-19-70-22-23-72-41-27-38-36(26-43(41)74(66,67)51(8,9)10)37(14-15-52-38)55-34-12-13-42-39(24-34)53-30-73-42/h12-15,24,26-27,30-33,35,40,45H,16-23,25,28-29H2,1-11H3,(H,52,55)(H,54,62)(H,56,60)(H,57,61)(H,64,65)/t32-,33+,35+,40+,45-/m1/s1. The van der Waals surface area contributed by atoms with E-state index in [9.17, 15) is 37.5 Å². The molecule has 5 amide bonds. The molecule has 1 saturated heterocycles. The average Bonchev–Trinajstić information content (AvgIpc) is 3.99. The van der Waals surface area contributed by atoms with Crippen molar-refractivity contribution in [2.45, 2.75) is 116 Å². The van der Waals surface area contributed by atoms with Gasteiger partial charge in [-0.25, -0.2) is 18.2 Å². The van der Waals surface area contributed by atoms with Crippen LogP contribution in [0.1, 0.15) is 75.7 Å². The van der Waals surface area contributed by atoms with Crippen LogP contribution in [0.2, 0.25) is 0 Å². The van der Waals surface area contributed by atoms with Gasteiger partial charge < -0.3 is 55.0 Å². The van der Waals surface area contributed by atoms with Crippen molar-refractivity contribution in [3.8, 4) is 5.75 Å². The van der Waals surface area contributed by atoms with Crippen molar-refractivity contribution in [3.05, 3.63) is 48.1 Å². The Balaban J connectivity index is 1.02. The van der Waals surface area contributed by atoms with Gasteiger partial charge in [-0.1, -0.05) is 34.6 Å². The summed E-state index contributed by atoms with van der Waals surface area (Å²) >= 11 is 1.55. The first-order valence-electron chi connectivity index (χ1n) is 24.7. The van der Waals surface area contributed by atoms with Crippen LogP contribution < -0.4 is 26.0 Å². The molecule has 408 valence electrons. The molecule has 4 aromatic rings. The minimum Gasteiger partial charge on any atom is -0.490 e. The number of likely N-dealkylation sites (N-methyl/N-ethyl adjacent to an activating group) is 1. The topological polar surface area (TPSA) is 266 Å². The number of fused-ring (bicyclic) bond motifs is 2. The van der Waals surface area contributed by atoms with Crippen LogP contribution >= 0.6 is 11.3 Å². The highest BCUT2D eigenvalue weighted by molar-refractivity contribution is 7.92. The van der Waals surface area contributed by atoms with Crippen LogP contribution in [0.15, 0.2) is 53.0 Å². The summed E-state index contributed by atoms with van der Waals surface area (Å²) < 4.78 is 56.1. The first kappa shape index (κ1) is 59.2. The molecule has 0 saturated carbocycles. The molecule has 5 rings (SSSR count). The minimum absolute atomic E-state index is 0.00505. The average molecular weight is 1070 g/mol. The molecule has 1 aliphatic heterocycles. The largest absolute Gasteiger partial charge is 0.490 e. The Hall–Kier alpha value is -5.72. The Morgan fingerprint density at radius 2 is 1.47 bits per heavy atom. The summed E-state index contributed by atoms with van der Waals surface area (Å²) in [6.07, 6.45) is 0.469. The van der Waals surface area contributed by atoms with E-state index in [1.54, 1.807) is 82.8 Å². The maximum atomic E-state index is 14.2. The summed E-state index contributed by atoms with van der Waals surface area (Å²) in [4.78, 5) is 76.7. The Morgan fingerprint density at radius 3 is 2.08 bits per heavy atom. The van der Waals surface area contributed by atoms with Gasteiger partial charge in [-0.05, 0) is 82.7 Å². The third-order valence-electron chi connectivity index (χ3n) is 12.6. The number of benzene rings is 2. The van der Waals surface area contributed by atoms with Gasteiger partial charge in [0.25, 0.3) is 0 Å². The van der Waals surface area contributed by atoms with Crippen molar-refractivity contribution >= 4 is 83.4 Å². The molecule has 2 aromatic carbocycles. The number of carboxylic acid groups (broad SMARTS) is 1. The second-order valence-electron chi connectivity index (χ2n) is 20.6. The third-order valence-corrected chi connectivity index (χ3v) is 16.0. The molecule has 2 aromatic heterocycles. The third kappa shape index (κ3) is 15.9. The molecule has 0 bridgehead atoms. The van der Waals surface area contributed by atoms with Gasteiger partial charge in [0.05, 0.1) is 72.2 Å². The number of anilines is 2. The van der Waals surface area contributed by atoms with Gasteiger partial charge in [0.1, 0.15) is 42.0 Å². The van der Waals surface area contributed by atoms with Crippen LogP contribution in [-0.2, 0) is 48.0 Å². The lowest BCUT2D eigenvalue weighted by Crippen LogP contribution is -2.60. The fourth-order valence-electron chi connectivity index (χ4n) is 7.65. The number of aromatic nitrogens is 2. The number of thiazole rings is 1. The zero-order valence-electron chi connectivity index (χ0n) is 44.3. The molecule has 5 atom stereocenters. The van der Waals surface area contributed by atoms with Gasteiger partial charge in [-0.3, -0.25) is 29.1 Å². The number of likely N-dealkylation sites (tertiary alicyclic amines) is 1. The van der Waals surface area contributed by atoms with Crippen LogP contribution in [0.25, 0.3) is 21.1 Å². The summed E-state index contributed by atoms with van der Waals surface area (Å²) in [6.45, 7) is 18.7. The zero-order valence-corrected chi connectivity index (χ0v) is 45.9. The Morgan fingerprint density at radius 1 is 0.838 bits per heavy atom. The zero-order chi connectivity index (χ0) is 54.5. The van der Waals surface area contributed by atoms with Crippen LogP contribution in [0.5, 0.6) is 5.75 Å². The summed E-state index contributed by atoms with van der Waals surface area (Å²) in [5, 5.41) is 22.0. The normalized spacial score (nSPS) is 16.5. The Bertz CT molecular complexity index is 2690. The van der Waals surface area contributed by atoms with E-state index in [1.165, 1.54) is 18.9 Å². The van der Waals surface area contributed by atoms with Crippen molar-refractivity contribution in [1.82, 2.24) is 35.7 Å². The van der Waals surface area contributed by atoms with Crippen molar-refractivity contribution in [1.29, 1.82) is 0 Å². The molecule has 1 fully saturated rings. The molecule has 3 heterocycles. The van der Waals surface area contributed by atoms with Crippen molar-refractivity contribution in [2.24, 2.45) is 11.3 Å². The number of pyridine rings is 1. The number of hydrogen-bond acceptors (Lipinski definition) is 16. The number of amides is 5. The van der Waals surface area contributed by atoms with Gasteiger partial charge in [0.2, 0.25) is 23.6 Å². The van der Waals surface area contributed by atoms with Gasteiger partial charge in [-0.2, -0.15) is 0 Å². The first-order chi connectivity index (χ1) is 34.8. The van der Waals surface area contributed by atoms with Gasteiger partial charge in [-0.15, -0.1) is 11.3 Å². The van der Waals surface area contributed by atoms with E-state index in [0.717, 1.165) is 20.8 Å². The minimum atomic E-state index is -3.84. The fourth-order valence-corrected chi connectivity index (χ4v) is 9.62. The SMILES string of the molecule is CC(C)[C@@H](C)NC(=O)[C@@H]1C[C@H](NC(=O)COCCOCCOCCOCCOc2cc3nccc(Nc4ccc5scnc5c4)c3cc2S(=O)(=O)C(C)(C)C)CN1C(=O)[C@@H](NC(=O)[C@H](C)N(C)C(=O)O)C(C)(C)C. The fraction of sp³-hybridized carbons (Fsp3) is 0.588. The van der Waals surface area contributed by atoms with E-state index < -0.39 is 73.9 Å². The lowest BCUT2D eigenvalue weighted by molar-refractivity contribution is -0.144. The van der Waals surface area contributed by atoms with Crippen molar-refractivity contribution in [3.63, 3.8) is 0 Å². The molecule has 0 aliphatic carbocycles. The highest BCUT2D eigenvalue weighted by Crippen LogP contribution is 2.38. The Kier molecular flexibility index (Phi) is 20.9. The lowest BCUT2D eigenvalue weighted by Gasteiger charge is -2.36. The van der Waals surface area contributed by atoms with Gasteiger partial charge in [0, 0.05) is 54.7 Å². The maximum Gasteiger partial charge on any atom is 0.407 e. The van der Waals surface area contributed by atoms with E-state index in [1.807, 2.05) is 39.0 Å². The van der Waals surface area contributed by atoms with E-state index in [0.29, 0.717) is 16.6 Å². The number of sulfone groups is 1. The first-order valence-corrected chi connectivity index (χ1v) is 27.0. The number of nitrogens with zero attached hydrogens (tertiary/aromatic N) is 4. The summed E-state index contributed by atoms with van der Waals surface area (Å²) in [7, 11) is -2.59. The molecular weight excluding hydrogens is 997 g/mol. The van der Waals surface area contributed by atoms with E-state index >= 15 is 0 Å². The van der Waals surface area contributed by atoms with E-state index in [2.05, 4.69) is 31.2 Å². The number of rotatable bonds is 26. The summed E-state index contributed by atoms with van der Waals surface area (Å²) in [5.41, 5.74) is 3.86. The lowest BCUT2D eigenvalue weighted by atomic mass is 9.85. The highest BCUT2D eigenvalue weighted by Gasteiger charge is 2.46. The predicted molar refractivity (Wildman–Crippen MR) is 281 cm³/mol. The summed E-state index contributed by atoms with van der Waals surface area (Å²) in [6, 6.07) is 6.95. The monoisotopic (exact) mass is 1070 g/mol. The van der Waals surface area contributed by atoms with Gasteiger partial charge >= 0.3 is 6.09 Å². The number of ether oxygens (including phenoxy) is 5. The second-order valence-corrected chi connectivity index (χ2v) is 24.2. The van der Waals surface area contributed by atoms with Gasteiger partial charge in [0.15, 0.2) is 9.84 Å². The van der Waals surface area contributed by atoms with Crippen LogP contribution in [-0.4, -0.2) is 171 Å². The van der Waals surface area contributed by atoms with E-state index in [4.69, 9.17) is 23.7 Å².